The summed E-state index contributed by atoms with van der Waals surface area (Å²) in [6.07, 6.45) is -2.78. The highest BCUT2D eigenvalue weighted by molar-refractivity contribution is 6.42. The minimum absolute atomic E-state index is 0.0657. The zero-order valence-electron chi connectivity index (χ0n) is 29.4. The van der Waals surface area contributed by atoms with Crippen LogP contribution in [0.3, 0.4) is 0 Å². The van der Waals surface area contributed by atoms with Gasteiger partial charge < -0.3 is 24.5 Å². The molecule has 0 saturated carbocycles. The molecule has 0 bridgehead atoms. The zero-order chi connectivity index (χ0) is 39.2. The van der Waals surface area contributed by atoms with E-state index in [1.165, 1.54) is 39.5 Å². The molecule has 0 spiro atoms. The molecule has 3 amide bonds. The first-order chi connectivity index (χ1) is 24.7. The van der Waals surface area contributed by atoms with E-state index >= 15 is 0 Å². The normalized spacial score (nSPS) is 12.7. The Bertz CT molecular complexity index is 2100. The summed E-state index contributed by atoms with van der Waals surface area (Å²) < 4.78 is 65.1. The largest absolute Gasteiger partial charge is 0.442 e. The van der Waals surface area contributed by atoms with Crippen LogP contribution in [0.1, 0.15) is 73.6 Å². The van der Waals surface area contributed by atoms with Crippen molar-refractivity contribution in [2.24, 2.45) is 12.0 Å². The van der Waals surface area contributed by atoms with Crippen LogP contribution in [0, 0.1) is 5.82 Å². The van der Waals surface area contributed by atoms with Gasteiger partial charge in [0.15, 0.2) is 5.78 Å². The zero-order valence-corrected chi connectivity index (χ0v) is 30.9. The third kappa shape index (κ3) is 11.3. The van der Waals surface area contributed by atoms with Crippen molar-refractivity contribution in [3.05, 3.63) is 111 Å². The number of carbonyl (C=O) groups is 4. The second-order valence-electron chi connectivity index (χ2n) is 13.1. The molecular formula is C37H37Cl2F4N5O5. The number of imidazole rings is 1. The predicted octanol–water partition coefficient (Wildman–Crippen LogP) is 7.80. The molecule has 16 heteroatoms. The predicted molar refractivity (Wildman–Crippen MR) is 191 cm³/mol. The number of ketones is 1. The molecular weight excluding hydrogens is 741 g/mol. The van der Waals surface area contributed by atoms with Gasteiger partial charge in [0.05, 0.1) is 41.2 Å². The van der Waals surface area contributed by atoms with Crippen molar-refractivity contribution in [1.29, 1.82) is 0 Å². The Morgan fingerprint density at radius 3 is 2.30 bits per heavy atom. The van der Waals surface area contributed by atoms with Gasteiger partial charge in [0.2, 0.25) is 11.5 Å². The molecule has 1 atom stereocenters. The number of hydrogen-bond acceptors (Lipinski definition) is 5. The Morgan fingerprint density at radius 1 is 0.943 bits per heavy atom. The van der Waals surface area contributed by atoms with Crippen LogP contribution in [0.15, 0.2) is 72.0 Å². The number of aromatic nitrogens is 2. The molecule has 0 aliphatic carbocycles. The number of rotatable bonds is 11. The highest BCUT2D eigenvalue weighted by Gasteiger charge is 2.34. The number of hydrogen-bond donors (Lipinski definition) is 2. The minimum Gasteiger partial charge on any atom is -0.442 e. The van der Waals surface area contributed by atoms with Gasteiger partial charge in [-0.1, -0.05) is 42.3 Å². The van der Waals surface area contributed by atoms with Crippen LogP contribution in [-0.2, 0) is 34.1 Å². The van der Waals surface area contributed by atoms with E-state index in [9.17, 15) is 36.7 Å². The molecule has 2 N–H and O–H groups in total. The quantitative estimate of drug-likeness (QED) is 0.151. The van der Waals surface area contributed by atoms with Crippen LogP contribution in [0.25, 0.3) is 11.1 Å². The van der Waals surface area contributed by atoms with Crippen LogP contribution >= 0.6 is 23.2 Å². The van der Waals surface area contributed by atoms with Gasteiger partial charge in [0, 0.05) is 31.4 Å². The van der Waals surface area contributed by atoms with E-state index in [4.69, 9.17) is 27.9 Å². The fraction of sp³-hybridized carbons (Fsp3) is 0.324. The van der Waals surface area contributed by atoms with Gasteiger partial charge in [-0.25, -0.2) is 9.18 Å². The van der Waals surface area contributed by atoms with Crippen LogP contribution in [0.5, 0.6) is 0 Å². The molecule has 4 aromatic rings. The number of aryl methyl sites for hydroxylation is 1. The fourth-order valence-electron chi connectivity index (χ4n) is 5.22. The molecule has 0 saturated heterocycles. The Morgan fingerprint density at radius 2 is 1.66 bits per heavy atom. The summed E-state index contributed by atoms with van der Waals surface area (Å²) in [6, 6.07) is 9.71. The van der Waals surface area contributed by atoms with Crippen molar-refractivity contribution in [2.75, 3.05) is 6.54 Å². The molecule has 10 nitrogen and oxygen atoms in total. The van der Waals surface area contributed by atoms with Gasteiger partial charge in [-0.15, -0.1) is 4.99 Å². The molecule has 4 rings (SSSR count). The molecule has 1 aromatic heterocycles. The summed E-state index contributed by atoms with van der Waals surface area (Å²) in [6.45, 7) is 6.37. The van der Waals surface area contributed by atoms with E-state index in [1.807, 2.05) is 0 Å². The van der Waals surface area contributed by atoms with Gasteiger partial charge in [0.25, 0.3) is 5.91 Å². The Hall–Kier alpha value is -4.95. The van der Waals surface area contributed by atoms with E-state index in [1.54, 1.807) is 53.2 Å². The molecule has 0 radical (unpaired) electrons. The first-order valence-electron chi connectivity index (χ1n) is 16.3. The Balaban J connectivity index is 1.82. The van der Waals surface area contributed by atoms with Crippen LogP contribution < -0.4 is 16.3 Å². The topological polar surface area (TPSA) is 124 Å². The monoisotopic (exact) mass is 777 g/mol. The van der Waals surface area contributed by atoms with E-state index in [2.05, 4.69) is 15.6 Å². The third-order valence-corrected chi connectivity index (χ3v) is 8.49. The van der Waals surface area contributed by atoms with Gasteiger partial charge >= 0.3 is 12.3 Å². The summed E-state index contributed by atoms with van der Waals surface area (Å²) in [5.41, 5.74) is -1.83. The number of nitrogens with one attached hydrogen (secondary N) is 2. The van der Waals surface area contributed by atoms with Crippen molar-refractivity contribution >= 4 is 46.9 Å². The lowest BCUT2D eigenvalue weighted by molar-refractivity contribution is -0.137. The second-order valence-corrected chi connectivity index (χ2v) is 13.9. The molecule has 1 heterocycles. The van der Waals surface area contributed by atoms with Crippen molar-refractivity contribution in [3.63, 3.8) is 0 Å². The van der Waals surface area contributed by atoms with Gasteiger partial charge in [-0.2, -0.15) is 13.2 Å². The maximum atomic E-state index is 14.2. The first kappa shape index (κ1) is 40.8. The molecule has 0 aliphatic rings. The number of Topliss-reactive ketones (excluding diaryl/α,β-unsaturated/α-hetero) is 1. The average Bonchev–Trinajstić information content (AvgIpc) is 3.40. The van der Waals surface area contributed by atoms with Crippen LogP contribution in [0.4, 0.5) is 22.4 Å². The smallest absolute Gasteiger partial charge is 0.437 e. The molecule has 1 unspecified atom stereocenters. The number of carbonyl (C=O) groups excluding carboxylic acids is 4. The van der Waals surface area contributed by atoms with E-state index < -0.39 is 52.7 Å². The van der Waals surface area contributed by atoms with E-state index in [-0.39, 0.29) is 58.5 Å². The van der Waals surface area contributed by atoms with Crippen LogP contribution in [0.2, 0.25) is 10.0 Å². The lowest BCUT2D eigenvalue weighted by Gasteiger charge is -2.21. The summed E-state index contributed by atoms with van der Waals surface area (Å²) in [4.78, 5) is 55.4. The lowest BCUT2D eigenvalue weighted by atomic mass is 9.94. The third-order valence-electron chi connectivity index (χ3n) is 7.75. The first-order valence-corrected chi connectivity index (χ1v) is 17.0. The number of benzene rings is 3. The van der Waals surface area contributed by atoms with Crippen molar-refractivity contribution < 1.29 is 41.5 Å². The van der Waals surface area contributed by atoms with Crippen molar-refractivity contribution in [1.82, 2.24) is 19.8 Å². The minimum atomic E-state index is -4.95. The Labute approximate surface area is 312 Å². The molecule has 53 heavy (non-hydrogen) atoms. The number of ether oxygens (including phenoxy) is 1. The second kappa shape index (κ2) is 16.8. The number of amides is 3. The van der Waals surface area contributed by atoms with Crippen molar-refractivity contribution in [3.8, 4) is 11.1 Å². The highest BCUT2D eigenvalue weighted by atomic mass is 35.5. The lowest BCUT2D eigenvalue weighted by Crippen LogP contribution is -2.35. The fourth-order valence-corrected chi connectivity index (χ4v) is 5.53. The van der Waals surface area contributed by atoms with Gasteiger partial charge in [-0.05, 0) is 85.5 Å². The standard InChI is InChI=1S/C37H37Cl2F4N5O5/c1-6-26(49)19-44-32(50)18-31(22-7-10-29(38)30(39)16-22)45-33(51)24-14-21(13-23(15-24)27-9-8-25(40)17-28(27)37(41,42)43)20-48-12-11-47(5)34(48)46-35(52)53-36(2,3)4/h7-17,31H,6,18-20H2,1-5H3,(H,44,50)(H,45,51)/b46-34-. The number of alkyl halides is 3. The maximum Gasteiger partial charge on any atom is 0.437 e. The number of nitrogens with zero attached hydrogens (tertiary/aromatic N) is 3. The molecule has 3 aromatic carbocycles. The summed E-state index contributed by atoms with van der Waals surface area (Å²) in [5, 5.41) is 5.62. The van der Waals surface area contributed by atoms with Crippen molar-refractivity contribution in [2.45, 2.75) is 64.9 Å². The summed E-state index contributed by atoms with van der Waals surface area (Å²) >= 11 is 12.3. The molecule has 282 valence electrons. The maximum absolute atomic E-state index is 14.2. The van der Waals surface area contributed by atoms with E-state index in [0.29, 0.717) is 17.2 Å². The van der Waals surface area contributed by atoms with Crippen LogP contribution in [-0.4, -0.2) is 45.0 Å². The SMILES string of the molecule is CCC(=O)CNC(=O)CC(NC(=O)c1cc(Cn2ccn(C)/c2=N/C(=O)OC(C)(C)C)cc(-c2ccc(F)cc2C(F)(F)F)c1)c1ccc(Cl)c(Cl)c1. The molecule has 0 fully saturated rings. The summed E-state index contributed by atoms with van der Waals surface area (Å²) in [5.74, 6) is -2.67. The number of halogens is 6. The average molecular weight is 779 g/mol. The van der Waals surface area contributed by atoms with Gasteiger partial charge in [-0.3, -0.25) is 14.4 Å². The van der Waals surface area contributed by atoms with Gasteiger partial charge in [0.1, 0.15) is 11.4 Å². The Kier molecular flexibility index (Phi) is 12.9. The highest BCUT2D eigenvalue weighted by Crippen LogP contribution is 2.38. The summed E-state index contributed by atoms with van der Waals surface area (Å²) in [7, 11) is 1.63. The molecule has 0 aliphatic heterocycles. The van der Waals surface area contributed by atoms with E-state index in [0.717, 1.165) is 12.1 Å².